The lowest BCUT2D eigenvalue weighted by molar-refractivity contribution is -0.119. The second-order valence-electron chi connectivity index (χ2n) is 7.74. The first kappa shape index (κ1) is 23.8. The number of nitrogens with one attached hydrogen (secondary N) is 2. The molecule has 3 rings (SSSR count). The van der Waals surface area contributed by atoms with Gasteiger partial charge in [-0.1, -0.05) is 11.6 Å². The third-order valence-corrected chi connectivity index (χ3v) is 5.47. The quantitative estimate of drug-likeness (QED) is 0.374. The maximum atomic E-state index is 14.9. The van der Waals surface area contributed by atoms with Crippen molar-refractivity contribution in [1.29, 1.82) is 0 Å². The van der Waals surface area contributed by atoms with Crippen LogP contribution >= 0.6 is 0 Å². The van der Waals surface area contributed by atoms with E-state index < -0.39 is 23.9 Å². The van der Waals surface area contributed by atoms with Crippen LogP contribution in [0.15, 0.2) is 42.1 Å². The third-order valence-electron chi connectivity index (χ3n) is 5.47. The molecule has 0 spiro atoms. The van der Waals surface area contributed by atoms with Crippen LogP contribution in [0.1, 0.15) is 19.8 Å². The molecule has 1 aromatic carbocycles. The average Bonchev–Trinajstić information content (AvgIpc) is 3.18. The molecule has 0 aromatic heterocycles. The van der Waals surface area contributed by atoms with Gasteiger partial charge in [-0.3, -0.25) is 14.5 Å². The van der Waals surface area contributed by atoms with E-state index in [-0.39, 0.29) is 31.2 Å². The maximum Gasteiger partial charge on any atom is 0.414 e. The van der Waals surface area contributed by atoms with Crippen molar-refractivity contribution >= 4 is 29.3 Å². The molecule has 2 N–H and O–H groups in total. The molecule has 174 valence electrons. The van der Waals surface area contributed by atoms with Crippen LogP contribution in [0.4, 0.5) is 20.6 Å². The number of piperidine rings is 1. The molecule has 1 atom stereocenters. The van der Waals surface area contributed by atoms with Gasteiger partial charge in [-0.15, -0.1) is 6.58 Å². The van der Waals surface area contributed by atoms with Gasteiger partial charge in [-0.05, 0) is 31.0 Å². The highest BCUT2D eigenvalue weighted by Gasteiger charge is 2.33. The summed E-state index contributed by atoms with van der Waals surface area (Å²) in [5.41, 5.74) is 1.61. The number of halogens is 1. The van der Waals surface area contributed by atoms with Gasteiger partial charge in [-0.2, -0.15) is 0 Å². The Labute approximate surface area is 191 Å². The van der Waals surface area contributed by atoms with Gasteiger partial charge in [-0.25, -0.2) is 14.0 Å². The van der Waals surface area contributed by atoms with Gasteiger partial charge in [0.15, 0.2) is 0 Å². The molecule has 9 nitrogen and oxygen atoms in total. The average molecular weight is 455 g/mol. The summed E-state index contributed by atoms with van der Waals surface area (Å²) in [7, 11) is 0. The number of anilines is 2. The van der Waals surface area contributed by atoms with Gasteiger partial charge in [0.1, 0.15) is 11.9 Å². The lowest BCUT2D eigenvalue weighted by Gasteiger charge is -2.31. The molecule has 0 aliphatic carbocycles. The fourth-order valence-electron chi connectivity index (χ4n) is 3.81. The zero-order valence-corrected chi connectivity index (χ0v) is 18.4. The molecule has 2 aliphatic rings. The molecule has 2 heterocycles. The minimum atomic E-state index is -0.591. The Balaban J connectivity index is 1.66. The summed E-state index contributed by atoms with van der Waals surface area (Å²) in [5.74, 6) is -1.12. The maximum absolute atomic E-state index is 14.9. The van der Waals surface area contributed by atoms with E-state index in [1.807, 2.05) is 4.90 Å². The Morgan fingerprint density at radius 3 is 2.67 bits per heavy atom. The van der Waals surface area contributed by atoms with E-state index >= 15 is 0 Å². The number of carbonyl (C=O) groups is 3. The predicted octanol–water partition coefficient (Wildman–Crippen LogP) is 2.36. The predicted molar refractivity (Wildman–Crippen MR) is 121 cm³/mol. The Hall–Kier alpha value is -3.87. The van der Waals surface area contributed by atoms with Crippen LogP contribution in [-0.4, -0.2) is 56.7 Å². The van der Waals surface area contributed by atoms with E-state index in [0.29, 0.717) is 37.3 Å². The lowest BCUT2D eigenvalue weighted by Crippen LogP contribution is -2.34. The van der Waals surface area contributed by atoms with Crippen molar-refractivity contribution in [2.75, 3.05) is 42.5 Å². The van der Waals surface area contributed by atoms with Gasteiger partial charge < -0.3 is 20.3 Å². The van der Waals surface area contributed by atoms with E-state index in [9.17, 15) is 18.8 Å². The summed E-state index contributed by atoms with van der Waals surface area (Å²) in [6.07, 6.45) is 1.40. The van der Waals surface area contributed by atoms with Crippen molar-refractivity contribution in [1.82, 2.24) is 10.6 Å². The van der Waals surface area contributed by atoms with Crippen LogP contribution in [-0.2, 0) is 14.3 Å². The van der Waals surface area contributed by atoms with Crippen molar-refractivity contribution in [3.63, 3.8) is 0 Å². The monoisotopic (exact) mass is 455 g/mol. The molecule has 33 heavy (non-hydrogen) atoms. The number of hydrogen-bond acceptors (Lipinski definition) is 5. The summed E-state index contributed by atoms with van der Waals surface area (Å²) in [6.45, 7) is 13.9. The Morgan fingerprint density at radius 1 is 1.33 bits per heavy atom. The second-order valence-corrected chi connectivity index (χ2v) is 7.74. The highest BCUT2D eigenvalue weighted by molar-refractivity contribution is 5.96. The molecule has 0 radical (unpaired) electrons. The van der Waals surface area contributed by atoms with E-state index in [4.69, 9.17) is 11.3 Å². The normalized spacial score (nSPS) is 17.8. The smallest absolute Gasteiger partial charge is 0.414 e. The minimum absolute atomic E-state index is 0.0914. The Morgan fingerprint density at radius 2 is 2.06 bits per heavy atom. The zero-order valence-electron chi connectivity index (χ0n) is 18.4. The molecule has 0 bridgehead atoms. The highest BCUT2D eigenvalue weighted by atomic mass is 19.1. The first-order valence-corrected chi connectivity index (χ1v) is 10.6. The van der Waals surface area contributed by atoms with Crippen LogP contribution in [0.3, 0.4) is 0 Å². The van der Waals surface area contributed by atoms with Crippen LogP contribution in [0.5, 0.6) is 0 Å². The van der Waals surface area contributed by atoms with Crippen LogP contribution < -0.4 is 20.4 Å². The van der Waals surface area contributed by atoms with Gasteiger partial charge >= 0.3 is 6.09 Å². The van der Waals surface area contributed by atoms with E-state index in [0.717, 1.165) is 5.57 Å². The summed E-state index contributed by atoms with van der Waals surface area (Å²) in [4.78, 5) is 42.0. The second kappa shape index (κ2) is 10.6. The SMILES string of the molecule is [C-]#[N+]C(C(=O)NCC=C)=C1CCN(c2ccc(N3C[C@H](CNC(C)=O)OC3=O)cc2F)CC1. The molecule has 0 unspecified atom stereocenters. The van der Waals surface area contributed by atoms with Crippen LogP contribution in [0.25, 0.3) is 4.85 Å². The number of amides is 3. The zero-order chi connectivity index (χ0) is 24.0. The molecule has 2 fully saturated rings. The Kier molecular flexibility index (Phi) is 7.66. The number of hydrogen-bond donors (Lipinski definition) is 2. The van der Waals surface area contributed by atoms with E-state index in [2.05, 4.69) is 22.1 Å². The fraction of sp³-hybridized carbons (Fsp3) is 0.391. The number of ether oxygens (including phenoxy) is 1. The standard InChI is InChI=1S/C23H26FN5O4/c1-4-9-26-22(31)21(25-3)16-7-10-28(11-8-16)20-6-5-17(12-19(20)24)29-14-18(33-23(29)32)13-27-15(2)30/h4-6,12,18H,1,7-11,13-14H2,2H3,(H,26,31)(H,27,30)/t18-/m0/s1. The Bertz CT molecular complexity index is 1020. The number of carbonyl (C=O) groups excluding carboxylic acids is 3. The lowest BCUT2D eigenvalue weighted by atomic mass is 10.0. The van der Waals surface area contributed by atoms with Crippen molar-refractivity contribution in [2.24, 2.45) is 0 Å². The number of nitrogens with zero attached hydrogens (tertiary/aromatic N) is 3. The van der Waals surface area contributed by atoms with E-state index in [1.165, 1.54) is 17.9 Å². The van der Waals surface area contributed by atoms with Gasteiger partial charge in [0.2, 0.25) is 17.5 Å². The number of benzene rings is 1. The van der Waals surface area contributed by atoms with Crippen LogP contribution in [0.2, 0.25) is 0 Å². The topological polar surface area (TPSA) is 95.3 Å². The fourth-order valence-corrected chi connectivity index (χ4v) is 3.81. The largest absolute Gasteiger partial charge is 0.442 e. The first-order chi connectivity index (χ1) is 15.8. The summed E-state index contributed by atoms with van der Waals surface area (Å²) in [6, 6.07) is 4.55. The molecular weight excluding hydrogens is 429 g/mol. The number of cyclic esters (lactones) is 1. The third kappa shape index (κ3) is 5.68. The molecule has 3 amide bonds. The summed E-state index contributed by atoms with van der Waals surface area (Å²) >= 11 is 0. The van der Waals surface area contributed by atoms with E-state index in [1.54, 1.807) is 18.2 Å². The van der Waals surface area contributed by atoms with Crippen molar-refractivity contribution < 1.29 is 23.5 Å². The van der Waals surface area contributed by atoms with Gasteiger partial charge in [0.05, 0.1) is 31.0 Å². The summed E-state index contributed by atoms with van der Waals surface area (Å²) < 4.78 is 20.2. The molecule has 2 saturated heterocycles. The minimum Gasteiger partial charge on any atom is -0.442 e. The molecule has 2 aliphatic heterocycles. The van der Waals surface area contributed by atoms with Crippen molar-refractivity contribution in [3.05, 3.63) is 59.4 Å². The molecule has 0 saturated carbocycles. The highest BCUT2D eigenvalue weighted by Crippen LogP contribution is 2.31. The van der Waals surface area contributed by atoms with Crippen molar-refractivity contribution in [2.45, 2.75) is 25.9 Å². The van der Waals surface area contributed by atoms with Gasteiger partial charge in [0, 0.05) is 26.6 Å². The van der Waals surface area contributed by atoms with Crippen molar-refractivity contribution in [3.8, 4) is 0 Å². The molecular formula is C23H26FN5O4. The van der Waals surface area contributed by atoms with Gasteiger partial charge in [0.25, 0.3) is 0 Å². The first-order valence-electron chi connectivity index (χ1n) is 10.6. The molecule has 10 heteroatoms. The molecule has 1 aromatic rings. The summed E-state index contributed by atoms with van der Waals surface area (Å²) in [5, 5.41) is 5.22. The van der Waals surface area contributed by atoms with Crippen LogP contribution in [0, 0.1) is 12.4 Å². The number of rotatable bonds is 7.